The SMILES string of the molecule is COc1ccc(/C=N/Nc2nnc(SCC(=O)c3ccc(OC)c(OC)c3)n2N)cc1OC. The molecule has 2 aromatic carbocycles. The summed E-state index contributed by atoms with van der Waals surface area (Å²) in [5.74, 6) is 8.46. The highest BCUT2D eigenvalue weighted by Gasteiger charge is 2.15. The quantitative estimate of drug-likeness (QED) is 0.141. The van der Waals surface area contributed by atoms with E-state index in [0.29, 0.717) is 33.7 Å². The summed E-state index contributed by atoms with van der Waals surface area (Å²) < 4.78 is 22.1. The lowest BCUT2D eigenvalue weighted by Gasteiger charge is -2.09. The fourth-order valence-electron chi connectivity index (χ4n) is 2.77. The highest BCUT2D eigenvalue weighted by atomic mass is 32.2. The van der Waals surface area contributed by atoms with Crippen LogP contribution in [0.15, 0.2) is 46.7 Å². The first-order chi connectivity index (χ1) is 16.0. The van der Waals surface area contributed by atoms with Crippen molar-refractivity contribution in [2.45, 2.75) is 5.16 Å². The number of ether oxygens (including phenoxy) is 4. The third-order valence-corrected chi connectivity index (χ3v) is 5.43. The Bertz CT molecular complexity index is 1150. The van der Waals surface area contributed by atoms with Gasteiger partial charge in [-0.25, -0.2) is 10.1 Å². The molecule has 174 valence electrons. The Morgan fingerprint density at radius 1 is 1.00 bits per heavy atom. The lowest BCUT2D eigenvalue weighted by atomic mass is 10.1. The molecule has 0 unspecified atom stereocenters. The first kappa shape index (κ1) is 23.7. The van der Waals surface area contributed by atoms with Gasteiger partial charge in [-0.2, -0.15) is 5.10 Å². The normalized spacial score (nSPS) is 10.8. The number of nitrogen functional groups attached to an aromatic ring is 1. The maximum Gasteiger partial charge on any atom is 0.264 e. The van der Waals surface area contributed by atoms with Crippen molar-refractivity contribution in [1.29, 1.82) is 0 Å². The van der Waals surface area contributed by atoms with Gasteiger partial charge in [0, 0.05) is 5.56 Å². The maximum absolute atomic E-state index is 12.6. The Morgan fingerprint density at radius 3 is 2.30 bits per heavy atom. The fraction of sp³-hybridized carbons (Fsp3) is 0.238. The minimum absolute atomic E-state index is 0.111. The first-order valence-electron chi connectivity index (χ1n) is 9.60. The number of nitrogens with zero attached hydrogens (tertiary/aromatic N) is 4. The number of aromatic nitrogens is 3. The van der Waals surface area contributed by atoms with E-state index < -0.39 is 0 Å². The van der Waals surface area contributed by atoms with Gasteiger partial charge in [-0.05, 0) is 42.0 Å². The van der Waals surface area contributed by atoms with Crippen LogP contribution in [0.25, 0.3) is 0 Å². The molecule has 0 radical (unpaired) electrons. The van der Waals surface area contributed by atoms with Crippen LogP contribution in [-0.4, -0.2) is 61.1 Å². The van der Waals surface area contributed by atoms with Gasteiger partial charge in [0.15, 0.2) is 28.8 Å². The number of Topliss-reactive ketones (excluding diaryl/α,β-unsaturated/α-hetero) is 1. The van der Waals surface area contributed by atoms with Crippen molar-refractivity contribution >= 4 is 29.7 Å². The monoisotopic (exact) mass is 472 g/mol. The van der Waals surface area contributed by atoms with Gasteiger partial charge in [0.2, 0.25) is 5.16 Å². The highest BCUT2D eigenvalue weighted by molar-refractivity contribution is 7.99. The average molecular weight is 473 g/mol. The number of ketones is 1. The standard InChI is InChI=1S/C21H24N6O5S/c1-29-16-7-5-13(9-18(16)31-3)11-23-24-20-25-26-21(27(20)22)33-12-15(28)14-6-8-17(30-2)19(10-14)32-4/h5-11H,12,22H2,1-4H3,(H,24,25)/b23-11+. The minimum Gasteiger partial charge on any atom is -0.493 e. The summed E-state index contributed by atoms with van der Waals surface area (Å²) in [6.45, 7) is 0. The topological polar surface area (TPSA) is 135 Å². The van der Waals surface area contributed by atoms with Gasteiger partial charge in [0.05, 0.1) is 40.4 Å². The van der Waals surface area contributed by atoms with Crippen LogP contribution in [0.3, 0.4) is 0 Å². The van der Waals surface area contributed by atoms with Crippen molar-refractivity contribution in [3.63, 3.8) is 0 Å². The van der Waals surface area contributed by atoms with Gasteiger partial charge in [-0.3, -0.25) is 4.79 Å². The zero-order chi connectivity index (χ0) is 23.8. The summed E-state index contributed by atoms with van der Waals surface area (Å²) in [6, 6.07) is 10.4. The lowest BCUT2D eigenvalue weighted by molar-refractivity contribution is 0.102. The number of hydrogen-bond acceptors (Lipinski definition) is 11. The molecule has 0 amide bonds. The molecular formula is C21H24N6O5S. The number of rotatable bonds is 11. The Labute approximate surface area is 194 Å². The molecule has 0 aliphatic heterocycles. The van der Waals surface area contributed by atoms with E-state index in [1.165, 1.54) is 18.9 Å². The van der Waals surface area contributed by atoms with Crippen LogP contribution in [-0.2, 0) is 0 Å². The Hall–Kier alpha value is -3.93. The van der Waals surface area contributed by atoms with Crippen molar-refractivity contribution in [3.8, 4) is 23.0 Å². The second kappa shape index (κ2) is 11.1. The van der Waals surface area contributed by atoms with E-state index in [0.717, 1.165) is 17.3 Å². The van der Waals surface area contributed by atoms with Crippen LogP contribution >= 0.6 is 11.8 Å². The van der Waals surface area contributed by atoms with Crippen LogP contribution in [0.2, 0.25) is 0 Å². The number of benzene rings is 2. The smallest absolute Gasteiger partial charge is 0.264 e. The van der Waals surface area contributed by atoms with E-state index in [9.17, 15) is 4.79 Å². The van der Waals surface area contributed by atoms with E-state index in [1.54, 1.807) is 50.8 Å². The van der Waals surface area contributed by atoms with Gasteiger partial charge >= 0.3 is 0 Å². The molecule has 0 fully saturated rings. The summed E-state index contributed by atoms with van der Waals surface area (Å²) in [5, 5.41) is 12.4. The van der Waals surface area contributed by atoms with Crippen LogP contribution in [0.4, 0.5) is 5.95 Å². The van der Waals surface area contributed by atoms with Gasteiger partial charge in [-0.15, -0.1) is 10.2 Å². The highest BCUT2D eigenvalue weighted by Crippen LogP contribution is 2.29. The Balaban J connectivity index is 1.61. The molecule has 0 spiro atoms. The van der Waals surface area contributed by atoms with Gasteiger partial charge in [-0.1, -0.05) is 11.8 Å². The molecule has 33 heavy (non-hydrogen) atoms. The number of nitrogens with one attached hydrogen (secondary N) is 1. The van der Waals surface area contributed by atoms with E-state index in [4.69, 9.17) is 24.8 Å². The largest absolute Gasteiger partial charge is 0.493 e. The summed E-state index contributed by atoms with van der Waals surface area (Å²) in [5.41, 5.74) is 3.99. The molecule has 0 saturated carbocycles. The number of methoxy groups -OCH3 is 4. The summed E-state index contributed by atoms with van der Waals surface area (Å²) in [7, 11) is 6.17. The molecular weight excluding hydrogens is 448 g/mol. The van der Waals surface area contributed by atoms with Crippen molar-refractivity contribution in [2.24, 2.45) is 5.10 Å². The molecule has 0 bridgehead atoms. The Morgan fingerprint density at radius 2 is 1.64 bits per heavy atom. The third-order valence-electron chi connectivity index (χ3n) is 4.49. The summed E-state index contributed by atoms with van der Waals surface area (Å²) in [4.78, 5) is 12.6. The molecule has 11 nitrogen and oxygen atoms in total. The first-order valence-corrected chi connectivity index (χ1v) is 10.6. The third kappa shape index (κ3) is 5.66. The zero-order valence-electron chi connectivity index (χ0n) is 18.6. The second-order valence-electron chi connectivity index (χ2n) is 6.44. The predicted molar refractivity (Wildman–Crippen MR) is 126 cm³/mol. The second-order valence-corrected chi connectivity index (χ2v) is 7.38. The Kier molecular flexibility index (Phi) is 7.97. The molecule has 1 heterocycles. The van der Waals surface area contributed by atoms with Crippen LogP contribution in [0, 0.1) is 0 Å². The van der Waals surface area contributed by atoms with Crippen LogP contribution in [0.1, 0.15) is 15.9 Å². The molecule has 3 rings (SSSR count). The molecule has 1 aromatic heterocycles. The van der Waals surface area contributed by atoms with Crippen molar-refractivity contribution in [2.75, 3.05) is 45.5 Å². The zero-order valence-corrected chi connectivity index (χ0v) is 19.4. The van der Waals surface area contributed by atoms with E-state index >= 15 is 0 Å². The number of anilines is 1. The molecule has 0 saturated heterocycles. The number of hydrazone groups is 1. The molecule has 0 aliphatic carbocycles. The number of carbonyl (C=O) groups excluding carboxylic acids is 1. The average Bonchev–Trinajstić information content (AvgIpc) is 3.20. The van der Waals surface area contributed by atoms with Gasteiger partial charge < -0.3 is 24.8 Å². The predicted octanol–water partition coefficient (Wildman–Crippen LogP) is 2.45. The van der Waals surface area contributed by atoms with Gasteiger partial charge in [0.25, 0.3) is 5.95 Å². The van der Waals surface area contributed by atoms with Gasteiger partial charge in [0.1, 0.15) is 0 Å². The maximum atomic E-state index is 12.6. The van der Waals surface area contributed by atoms with Crippen molar-refractivity contribution in [1.82, 2.24) is 14.9 Å². The van der Waals surface area contributed by atoms with E-state index in [-0.39, 0.29) is 17.5 Å². The molecule has 3 aromatic rings. The number of nitrogens with two attached hydrogens (primary N) is 1. The van der Waals surface area contributed by atoms with E-state index in [1.807, 2.05) is 6.07 Å². The molecule has 0 atom stereocenters. The van der Waals surface area contributed by atoms with Crippen molar-refractivity contribution < 1.29 is 23.7 Å². The molecule has 0 aliphatic rings. The lowest BCUT2D eigenvalue weighted by Crippen LogP contribution is -2.14. The molecule has 3 N–H and O–H groups in total. The molecule has 12 heteroatoms. The van der Waals surface area contributed by atoms with Crippen LogP contribution in [0.5, 0.6) is 23.0 Å². The minimum atomic E-state index is -0.120. The fourth-order valence-corrected chi connectivity index (χ4v) is 3.52. The summed E-state index contributed by atoms with van der Waals surface area (Å²) >= 11 is 1.15. The van der Waals surface area contributed by atoms with Crippen LogP contribution < -0.4 is 30.2 Å². The number of thioether (sulfide) groups is 1. The number of hydrogen-bond donors (Lipinski definition) is 2. The number of carbonyl (C=O) groups is 1. The summed E-state index contributed by atoms with van der Waals surface area (Å²) in [6.07, 6.45) is 1.57. The van der Waals surface area contributed by atoms with Crippen molar-refractivity contribution in [3.05, 3.63) is 47.5 Å². The van der Waals surface area contributed by atoms with E-state index in [2.05, 4.69) is 20.7 Å².